The van der Waals surface area contributed by atoms with Gasteiger partial charge in [0.25, 0.3) is 0 Å². The van der Waals surface area contributed by atoms with Crippen LogP contribution < -0.4 is 10.2 Å². The van der Waals surface area contributed by atoms with Crippen molar-refractivity contribution >= 4 is 17.5 Å². The van der Waals surface area contributed by atoms with Crippen molar-refractivity contribution in [3.05, 3.63) is 17.4 Å². The normalized spacial score (nSPS) is 19.8. The van der Waals surface area contributed by atoms with Gasteiger partial charge in [0, 0.05) is 19.1 Å². The van der Waals surface area contributed by atoms with Crippen LogP contribution in [0.25, 0.3) is 0 Å². The molecular formula is C13H21ClN4. The van der Waals surface area contributed by atoms with Crippen molar-refractivity contribution in [2.24, 2.45) is 5.92 Å². The highest BCUT2D eigenvalue weighted by Gasteiger charge is 2.26. The molecule has 0 bridgehead atoms. The molecule has 1 fully saturated rings. The minimum absolute atomic E-state index is 0.505. The van der Waals surface area contributed by atoms with Gasteiger partial charge in [0.2, 0.25) is 5.95 Å². The Kier molecular flexibility index (Phi) is 4.78. The van der Waals surface area contributed by atoms with Gasteiger partial charge in [-0.25, -0.2) is 9.97 Å². The van der Waals surface area contributed by atoms with Gasteiger partial charge in [-0.05, 0) is 25.3 Å². The van der Waals surface area contributed by atoms with Crippen molar-refractivity contribution in [1.82, 2.24) is 15.3 Å². The lowest BCUT2D eigenvalue weighted by Crippen LogP contribution is -2.39. The number of nitrogens with one attached hydrogen (secondary N) is 1. The first kappa shape index (κ1) is 13.6. The summed E-state index contributed by atoms with van der Waals surface area (Å²) in [5.41, 5.74) is 0. The standard InChI is InChI=1S/C13H21ClN4/c1-10(2)6-15-9-12-4-3-5-18(12)13-16-7-11(14)8-17-13/h7-8,10,12,15H,3-6,9H2,1-2H3. The van der Waals surface area contributed by atoms with E-state index in [1.807, 2.05) is 0 Å². The van der Waals surface area contributed by atoms with E-state index >= 15 is 0 Å². The van der Waals surface area contributed by atoms with Gasteiger partial charge in [0.1, 0.15) is 0 Å². The van der Waals surface area contributed by atoms with Crippen LogP contribution in [0.15, 0.2) is 12.4 Å². The van der Waals surface area contributed by atoms with E-state index in [0.29, 0.717) is 17.0 Å². The number of hydrogen-bond acceptors (Lipinski definition) is 4. The molecule has 1 atom stereocenters. The van der Waals surface area contributed by atoms with Crippen LogP contribution in [0.5, 0.6) is 0 Å². The Labute approximate surface area is 114 Å². The predicted octanol–water partition coefficient (Wildman–Crippen LogP) is 2.34. The zero-order valence-corrected chi connectivity index (χ0v) is 11.8. The molecule has 1 aromatic rings. The number of rotatable bonds is 5. The molecule has 1 aliphatic rings. The second kappa shape index (κ2) is 6.34. The summed E-state index contributed by atoms with van der Waals surface area (Å²) < 4.78 is 0. The number of anilines is 1. The third-order valence-electron chi connectivity index (χ3n) is 3.17. The zero-order valence-electron chi connectivity index (χ0n) is 11.1. The fraction of sp³-hybridized carbons (Fsp3) is 0.692. The third kappa shape index (κ3) is 3.56. The summed E-state index contributed by atoms with van der Waals surface area (Å²) in [5, 5.41) is 4.10. The second-order valence-corrected chi connectivity index (χ2v) is 5.68. The molecule has 0 aliphatic carbocycles. The molecule has 0 spiro atoms. The molecule has 2 heterocycles. The van der Waals surface area contributed by atoms with Gasteiger partial charge in [-0.3, -0.25) is 0 Å². The number of nitrogens with zero attached hydrogens (tertiary/aromatic N) is 3. The van der Waals surface area contributed by atoms with Gasteiger partial charge in [-0.1, -0.05) is 25.4 Å². The van der Waals surface area contributed by atoms with Crippen LogP contribution in [0.3, 0.4) is 0 Å². The van der Waals surface area contributed by atoms with Crippen molar-refractivity contribution in [2.75, 3.05) is 24.5 Å². The summed E-state index contributed by atoms with van der Waals surface area (Å²) in [6, 6.07) is 0.505. The molecule has 1 saturated heterocycles. The molecule has 1 aliphatic heterocycles. The molecule has 5 heteroatoms. The lowest BCUT2D eigenvalue weighted by molar-refractivity contribution is 0.510. The topological polar surface area (TPSA) is 41.0 Å². The molecule has 100 valence electrons. The minimum atomic E-state index is 0.505. The van der Waals surface area contributed by atoms with Gasteiger partial charge in [-0.15, -0.1) is 0 Å². The SMILES string of the molecule is CC(C)CNCC1CCCN1c1ncc(Cl)cn1. The summed E-state index contributed by atoms with van der Waals surface area (Å²) in [4.78, 5) is 10.9. The fourth-order valence-electron chi connectivity index (χ4n) is 2.30. The van der Waals surface area contributed by atoms with Crippen LogP contribution in [-0.2, 0) is 0 Å². The monoisotopic (exact) mass is 268 g/mol. The van der Waals surface area contributed by atoms with Crippen molar-refractivity contribution in [1.29, 1.82) is 0 Å². The highest BCUT2D eigenvalue weighted by Crippen LogP contribution is 2.22. The maximum Gasteiger partial charge on any atom is 0.225 e. The zero-order chi connectivity index (χ0) is 13.0. The Morgan fingerprint density at radius 3 is 2.83 bits per heavy atom. The molecule has 0 aromatic carbocycles. The van der Waals surface area contributed by atoms with Gasteiger partial charge in [0.15, 0.2) is 0 Å². The fourth-order valence-corrected chi connectivity index (χ4v) is 2.40. The van der Waals surface area contributed by atoms with E-state index in [-0.39, 0.29) is 0 Å². The maximum absolute atomic E-state index is 5.82. The van der Waals surface area contributed by atoms with Crippen molar-refractivity contribution in [2.45, 2.75) is 32.7 Å². The summed E-state index contributed by atoms with van der Waals surface area (Å²) in [7, 11) is 0. The molecule has 18 heavy (non-hydrogen) atoms. The Balaban J connectivity index is 1.92. The first-order valence-electron chi connectivity index (χ1n) is 6.61. The summed E-state index contributed by atoms with van der Waals surface area (Å²) >= 11 is 5.82. The van der Waals surface area contributed by atoms with Crippen LogP contribution in [0.2, 0.25) is 5.02 Å². The molecule has 2 rings (SSSR count). The summed E-state index contributed by atoms with van der Waals surface area (Å²) in [6.07, 6.45) is 5.75. The molecular weight excluding hydrogens is 248 g/mol. The van der Waals surface area contributed by atoms with E-state index in [9.17, 15) is 0 Å². The van der Waals surface area contributed by atoms with Gasteiger partial charge >= 0.3 is 0 Å². The van der Waals surface area contributed by atoms with Gasteiger partial charge in [0.05, 0.1) is 17.4 Å². The molecule has 1 unspecified atom stereocenters. The van der Waals surface area contributed by atoms with E-state index in [1.165, 1.54) is 12.8 Å². The number of halogens is 1. The minimum Gasteiger partial charge on any atom is -0.337 e. The average Bonchev–Trinajstić information content (AvgIpc) is 2.78. The molecule has 0 amide bonds. The smallest absolute Gasteiger partial charge is 0.225 e. The quantitative estimate of drug-likeness (QED) is 0.890. The van der Waals surface area contributed by atoms with Crippen LogP contribution in [-0.4, -0.2) is 35.6 Å². The maximum atomic E-state index is 5.82. The highest BCUT2D eigenvalue weighted by atomic mass is 35.5. The van der Waals surface area contributed by atoms with Crippen molar-refractivity contribution < 1.29 is 0 Å². The van der Waals surface area contributed by atoms with Gasteiger partial charge < -0.3 is 10.2 Å². The molecule has 1 aromatic heterocycles. The van der Waals surface area contributed by atoms with E-state index in [4.69, 9.17) is 11.6 Å². The second-order valence-electron chi connectivity index (χ2n) is 5.24. The molecule has 0 saturated carbocycles. The van der Waals surface area contributed by atoms with Crippen molar-refractivity contribution in [3.8, 4) is 0 Å². The van der Waals surface area contributed by atoms with Gasteiger partial charge in [-0.2, -0.15) is 0 Å². The van der Waals surface area contributed by atoms with Crippen LogP contribution >= 0.6 is 11.6 Å². The van der Waals surface area contributed by atoms with E-state index in [0.717, 1.165) is 25.6 Å². The van der Waals surface area contributed by atoms with Crippen molar-refractivity contribution in [3.63, 3.8) is 0 Å². The summed E-state index contributed by atoms with van der Waals surface area (Å²) in [5.74, 6) is 1.49. The lowest BCUT2D eigenvalue weighted by atomic mass is 10.2. The third-order valence-corrected chi connectivity index (χ3v) is 3.37. The first-order chi connectivity index (χ1) is 8.66. The Bertz CT molecular complexity index is 366. The lowest BCUT2D eigenvalue weighted by Gasteiger charge is -2.25. The molecule has 4 nitrogen and oxygen atoms in total. The first-order valence-corrected chi connectivity index (χ1v) is 6.99. The van der Waals surface area contributed by atoms with E-state index in [1.54, 1.807) is 12.4 Å². The van der Waals surface area contributed by atoms with Crippen LogP contribution in [0.4, 0.5) is 5.95 Å². The molecule has 1 N–H and O–H groups in total. The Morgan fingerprint density at radius 1 is 1.44 bits per heavy atom. The summed E-state index contributed by atoms with van der Waals surface area (Å²) in [6.45, 7) is 7.55. The van der Waals surface area contributed by atoms with Crippen LogP contribution in [0, 0.1) is 5.92 Å². The Morgan fingerprint density at radius 2 is 2.17 bits per heavy atom. The average molecular weight is 269 g/mol. The number of hydrogen-bond donors (Lipinski definition) is 1. The Hall–Kier alpha value is -0.870. The largest absolute Gasteiger partial charge is 0.337 e. The van der Waals surface area contributed by atoms with E-state index in [2.05, 4.69) is 34.0 Å². The van der Waals surface area contributed by atoms with Crippen LogP contribution in [0.1, 0.15) is 26.7 Å². The van der Waals surface area contributed by atoms with E-state index < -0.39 is 0 Å². The molecule has 0 radical (unpaired) electrons. The number of aromatic nitrogens is 2. The highest BCUT2D eigenvalue weighted by molar-refractivity contribution is 6.30. The predicted molar refractivity (Wildman–Crippen MR) is 75.1 cm³/mol.